The minimum atomic E-state index is -0.107. The molecule has 1 amide bonds. The van der Waals surface area contributed by atoms with Gasteiger partial charge in [0.2, 0.25) is 5.88 Å². The zero-order valence-electron chi connectivity index (χ0n) is 18.9. The Hall–Kier alpha value is -4.52. The van der Waals surface area contributed by atoms with Crippen LogP contribution in [0.2, 0.25) is 0 Å². The number of aryl methyl sites for hydroxylation is 3. The standard InChI is InChI=1S/C23H22N8O2/c1-13-8-15(10-24)25-11-18(13)33-20-9-17(21-22(29-20)31(5)12-26-21)28-19-7-6-16(14(2)27-19)23(32)30(3)4/h6-9,11-12H,1-5H3,(H,27,28,29). The number of hydrogen-bond acceptors (Lipinski definition) is 8. The van der Waals surface area contributed by atoms with Crippen molar-refractivity contribution in [1.82, 2.24) is 29.4 Å². The lowest BCUT2D eigenvalue weighted by Gasteiger charge is -2.14. The zero-order valence-corrected chi connectivity index (χ0v) is 18.9. The van der Waals surface area contributed by atoms with Crippen LogP contribution in [0.3, 0.4) is 0 Å². The molecule has 0 spiro atoms. The van der Waals surface area contributed by atoms with Gasteiger partial charge in [-0.3, -0.25) is 4.79 Å². The Morgan fingerprint density at radius 1 is 1.18 bits per heavy atom. The molecule has 4 heterocycles. The van der Waals surface area contributed by atoms with E-state index < -0.39 is 0 Å². The SMILES string of the molecule is Cc1cc(C#N)ncc1Oc1cc(Nc2ccc(C(=O)N(C)C)c(C)n2)c2ncn(C)c2n1. The number of anilines is 2. The number of imidazole rings is 1. The Labute approximate surface area is 190 Å². The number of nitriles is 1. The van der Waals surface area contributed by atoms with E-state index in [0.29, 0.717) is 51.2 Å². The normalized spacial score (nSPS) is 10.7. The Bertz CT molecular complexity index is 1420. The van der Waals surface area contributed by atoms with Gasteiger partial charge in [-0.15, -0.1) is 0 Å². The molecular weight excluding hydrogens is 420 g/mol. The van der Waals surface area contributed by atoms with E-state index in [1.54, 1.807) is 56.2 Å². The fourth-order valence-corrected chi connectivity index (χ4v) is 3.28. The summed E-state index contributed by atoms with van der Waals surface area (Å²) < 4.78 is 7.77. The molecule has 4 aromatic heterocycles. The lowest BCUT2D eigenvalue weighted by Crippen LogP contribution is -2.23. The number of amides is 1. The van der Waals surface area contributed by atoms with E-state index >= 15 is 0 Å². The van der Waals surface area contributed by atoms with Crippen LogP contribution in [0.5, 0.6) is 11.6 Å². The molecule has 0 aliphatic carbocycles. The van der Waals surface area contributed by atoms with Crippen LogP contribution in [-0.2, 0) is 7.05 Å². The molecule has 4 aromatic rings. The van der Waals surface area contributed by atoms with Crippen LogP contribution >= 0.6 is 0 Å². The Morgan fingerprint density at radius 3 is 2.64 bits per heavy atom. The Balaban J connectivity index is 1.70. The molecule has 0 saturated heterocycles. The Kier molecular flexibility index (Phi) is 5.62. The molecule has 1 N–H and O–H groups in total. The van der Waals surface area contributed by atoms with Gasteiger partial charge in [0.25, 0.3) is 5.91 Å². The van der Waals surface area contributed by atoms with E-state index in [9.17, 15) is 4.79 Å². The van der Waals surface area contributed by atoms with E-state index in [4.69, 9.17) is 10.00 Å². The van der Waals surface area contributed by atoms with Crippen molar-refractivity contribution in [3.8, 4) is 17.7 Å². The maximum absolute atomic E-state index is 12.3. The third-order valence-electron chi connectivity index (χ3n) is 5.02. The van der Waals surface area contributed by atoms with Crippen molar-refractivity contribution in [2.24, 2.45) is 7.05 Å². The maximum atomic E-state index is 12.3. The lowest BCUT2D eigenvalue weighted by atomic mass is 10.2. The Morgan fingerprint density at radius 2 is 1.97 bits per heavy atom. The summed E-state index contributed by atoms with van der Waals surface area (Å²) in [6.45, 7) is 3.63. The van der Waals surface area contributed by atoms with Crippen molar-refractivity contribution in [3.63, 3.8) is 0 Å². The monoisotopic (exact) mass is 442 g/mol. The summed E-state index contributed by atoms with van der Waals surface area (Å²) in [5, 5.41) is 12.3. The van der Waals surface area contributed by atoms with Crippen molar-refractivity contribution in [2.45, 2.75) is 13.8 Å². The topological polar surface area (TPSA) is 122 Å². The van der Waals surface area contributed by atoms with E-state index in [1.807, 2.05) is 20.0 Å². The molecule has 0 atom stereocenters. The lowest BCUT2D eigenvalue weighted by molar-refractivity contribution is 0.0826. The molecule has 0 unspecified atom stereocenters. The smallest absolute Gasteiger partial charge is 0.255 e. The number of nitrogens with one attached hydrogen (secondary N) is 1. The molecule has 0 saturated carbocycles. The highest BCUT2D eigenvalue weighted by atomic mass is 16.5. The number of hydrogen-bond donors (Lipinski definition) is 1. The highest BCUT2D eigenvalue weighted by Crippen LogP contribution is 2.31. The number of carbonyl (C=O) groups is 1. The molecular formula is C23H22N8O2. The first-order chi connectivity index (χ1) is 15.8. The molecule has 0 radical (unpaired) electrons. The number of nitrogens with zero attached hydrogens (tertiary/aromatic N) is 7. The van der Waals surface area contributed by atoms with Crippen LogP contribution in [0.4, 0.5) is 11.5 Å². The minimum absolute atomic E-state index is 0.107. The molecule has 0 fully saturated rings. The third-order valence-corrected chi connectivity index (χ3v) is 5.02. The first-order valence-corrected chi connectivity index (χ1v) is 10.1. The van der Waals surface area contributed by atoms with Crippen LogP contribution in [0.1, 0.15) is 27.3 Å². The van der Waals surface area contributed by atoms with Crippen molar-refractivity contribution < 1.29 is 9.53 Å². The van der Waals surface area contributed by atoms with Gasteiger partial charge in [-0.2, -0.15) is 10.2 Å². The molecule has 0 aliphatic heterocycles. The summed E-state index contributed by atoms with van der Waals surface area (Å²) in [7, 11) is 5.25. The second-order valence-electron chi connectivity index (χ2n) is 7.74. The van der Waals surface area contributed by atoms with Crippen molar-refractivity contribution >= 4 is 28.6 Å². The largest absolute Gasteiger partial charge is 0.437 e. The van der Waals surface area contributed by atoms with E-state index in [1.165, 1.54) is 11.1 Å². The first kappa shape index (κ1) is 21.7. The minimum Gasteiger partial charge on any atom is -0.437 e. The number of pyridine rings is 3. The fourth-order valence-electron chi connectivity index (χ4n) is 3.28. The molecule has 0 bridgehead atoms. The molecule has 166 valence electrons. The van der Waals surface area contributed by atoms with Crippen molar-refractivity contribution in [2.75, 3.05) is 19.4 Å². The summed E-state index contributed by atoms with van der Waals surface area (Å²) in [4.78, 5) is 31.4. The van der Waals surface area contributed by atoms with Crippen molar-refractivity contribution in [3.05, 3.63) is 59.3 Å². The van der Waals surface area contributed by atoms with Gasteiger partial charge < -0.3 is 19.5 Å². The van der Waals surface area contributed by atoms with Crippen LogP contribution in [-0.4, -0.2) is 49.4 Å². The van der Waals surface area contributed by atoms with E-state index in [-0.39, 0.29) is 5.91 Å². The molecule has 0 aromatic carbocycles. The number of fused-ring (bicyclic) bond motifs is 1. The number of carbonyl (C=O) groups excluding carboxylic acids is 1. The number of rotatable bonds is 5. The van der Waals surface area contributed by atoms with Gasteiger partial charge in [0.15, 0.2) is 11.4 Å². The fraction of sp³-hybridized carbons (Fsp3) is 0.217. The van der Waals surface area contributed by atoms with Gasteiger partial charge in [-0.25, -0.2) is 15.0 Å². The van der Waals surface area contributed by atoms with Gasteiger partial charge in [-0.1, -0.05) is 0 Å². The summed E-state index contributed by atoms with van der Waals surface area (Å²) in [5.74, 6) is 1.28. The average Bonchev–Trinajstić information content (AvgIpc) is 3.15. The van der Waals surface area contributed by atoms with Crippen LogP contribution in [0.15, 0.2) is 36.8 Å². The molecule has 33 heavy (non-hydrogen) atoms. The van der Waals surface area contributed by atoms with Gasteiger partial charge in [0.1, 0.15) is 23.1 Å². The zero-order chi connectivity index (χ0) is 23.7. The maximum Gasteiger partial charge on any atom is 0.255 e. The highest BCUT2D eigenvalue weighted by molar-refractivity contribution is 5.95. The third kappa shape index (κ3) is 4.29. The van der Waals surface area contributed by atoms with Crippen molar-refractivity contribution in [1.29, 1.82) is 5.26 Å². The quantitative estimate of drug-likeness (QED) is 0.498. The summed E-state index contributed by atoms with van der Waals surface area (Å²) in [6.07, 6.45) is 3.17. The van der Waals surface area contributed by atoms with Crippen LogP contribution in [0.25, 0.3) is 11.2 Å². The van der Waals surface area contributed by atoms with Gasteiger partial charge in [0, 0.05) is 27.2 Å². The number of aromatic nitrogens is 5. The molecule has 10 heteroatoms. The van der Waals surface area contributed by atoms with E-state index in [2.05, 4.69) is 25.3 Å². The first-order valence-electron chi connectivity index (χ1n) is 10.1. The summed E-state index contributed by atoms with van der Waals surface area (Å²) in [5.41, 5.74) is 4.14. The summed E-state index contributed by atoms with van der Waals surface area (Å²) in [6, 6.07) is 8.88. The molecule has 0 aliphatic rings. The summed E-state index contributed by atoms with van der Waals surface area (Å²) >= 11 is 0. The predicted molar refractivity (Wildman–Crippen MR) is 123 cm³/mol. The molecule has 4 rings (SSSR count). The van der Waals surface area contributed by atoms with Gasteiger partial charge in [-0.05, 0) is 37.6 Å². The van der Waals surface area contributed by atoms with Gasteiger partial charge >= 0.3 is 0 Å². The van der Waals surface area contributed by atoms with E-state index in [0.717, 1.165) is 5.56 Å². The average molecular weight is 442 g/mol. The highest BCUT2D eigenvalue weighted by Gasteiger charge is 2.16. The number of ether oxygens (including phenoxy) is 1. The van der Waals surface area contributed by atoms with Crippen LogP contribution < -0.4 is 10.1 Å². The second-order valence-corrected chi connectivity index (χ2v) is 7.74. The second kappa shape index (κ2) is 8.55. The molecule has 10 nitrogen and oxygen atoms in total. The predicted octanol–water partition coefficient (Wildman–Crippen LogP) is 3.48. The van der Waals surface area contributed by atoms with Crippen LogP contribution in [0, 0.1) is 25.2 Å². The van der Waals surface area contributed by atoms with Gasteiger partial charge in [0.05, 0.1) is 29.5 Å².